The first-order valence-electron chi connectivity index (χ1n) is 7.55. The molecule has 0 saturated heterocycles. The third kappa shape index (κ3) is 3.84. The summed E-state index contributed by atoms with van der Waals surface area (Å²) in [7, 11) is 0. The lowest BCUT2D eigenvalue weighted by atomic mass is 9.78. The van der Waals surface area contributed by atoms with Crippen molar-refractivity contribution in [2.24, 2.45) is 11.8 Å². The summed E-state index contributed by atoms with van der Waals surface area (Å²) in [6, 6.07) is 6.14. The topological polar surface area (TPSA) is 66.4 Å². The molecule has 4 heteroatoms. The lowest BCUT2D eigenvalue weighted by Gasteiger charge is -2.27. The van der Waals surface area contributed by atoms with Gasteiger partial charge >= 0.3 is 5.97 Å². The number of nitrogens with one attached hydrogen (secondary N) is 1. The first-order chi connectivity index (χ1) is 9.99. The summed E-state index contributed by atoms with van der Waals surface area (Å²) in [5.74, 6) is -1.89. The summed E-state index contributed by atoms with van der Waals surface area (Å²) in [5, 5.41) is 12.2. The summed E-state index contributed by atoms with van der Waals surface area (Å²) in [5.41, 5.74) is 3.39. The number of carbonyl (C=O) groups excluding carboxylic acids is 1. The second-order valence-electron chi connectivity index (χ2n) is 5.98. The van der Waals surface area contributed by atoms with E-state index >= 15 is 0 Å². The fourth-order valence-corrected chi connectivity index (χ4v) is 3.04. The lowest BCUT2D eigenvalue weighted by Crippen LogP contribution is -2.39. The number of carboxylic acid groups (broad SMARTS) is 1. The van der Waals surface area contributed by atoms with Gasteiger partial charge in [0.1, 0.15) is 0 Å². The largest absolute Gasteiger partial charge is 0.481 e. The first kappa shape index (κ1) is 15.5. The van der Waals surface area contributed by atoms with E-state index in [9.17, 15) is 14.7 Å². The maximum absolute atomic E-state index is 12.3. The molecule has 1 fully saturated rings. The van der Waals surface area contributed by atoms with Crippen LogP contribution in [0.5, 0.6) is 0 Å². The van der Waals surface area contributed by atoms with E-state index in [0.29, 0.717) is 19.4 Å². The van der Waals surface area contributed by atoms with Gasteiger partial charge in [0, 0.05) is 6.54 Å². The minimum absolute atomic E-state index is 0.122. The van der Waals surface area contributed by atoms with Gasteiger partial charge in [-0.15, -0.1) is 0 Å². The Morgan fingerprint density at radius 1 is 1.19 bits per heavy atom. The Bertz CT molecular complexity index is 539. The molecule has 0 heterocycles. The maximum atomic E-state index is 12.3. The van der Waals surface area contributed by atoms with Gasteiger partial charge in [0.15, 0.2) is 0 Å². The highest BCUT2D eigenvalue weighted by Crippen LogP contribution is 2.30. The van der Waals surface area contributed by atoms with Gasteiger partial charge < -0.3 is 10.4 Å². The molecule has 2 rings (SSSR count). The molecule has 1 aromatic carbocycles. The van der Waals surface area contributed by atoms with E-state index in [-0.39, 0.29) is 11.8 Å². The van der Waals surface area contributed by atoms with Crippen LogP contribution in [0.4, 0.5) is 0 Å². The van der Waals surface area contributed by atoms with Crippen LogP contribution in [0.2, 0.25) is 0 Å². The van der Waals surface area contributed by atoms with Crippen LogP contribution in [-0.4, -0.2) is 17.0 Å². The number of amides is 1. The number of carboxylic acids is 1. The monoisotopic (exact) mass is 289 g/mol. The van der Waals surface area contributed by atoms with Crippen LogP contribution in [0, 0.1) is 25.7 Å². The van der Waals surface area contributed by atoms with Gasteiger partial charge in [0.2, 0.25) is 5.91 Å². The van der Waals surface area contributed by atoms with Crippen molar-refractivity contribution >= 4 is 11.9 Å². The Morgan fingerprint density at radius 3 is 2.52 bits per heavy atom. The molecular weight excluding hydrogens is 266 g/mol. The fourth-order valence-electron chi connectivity index (χ4n) is 3.04. The van der Waals surface area contributed by atoms with Crippen molar-refractivity contribution in [3.63, 3.8) is 0 Å². The molecule has 1 amide bonds. The standard InChI is InChI=1S/C17H23NO3/c1-11-7-8-12(2)13(9-11)10-18-16(19)14-5-3-4-6-15(14)17(20)21/h7-9,14-15H,3-6,10H2,1-2H3,(H,18,19)(H,20,21)/t14-,15+/m1/s1. The molecule has 1 aliphatic rings. The minimum atomic E-state index is -0.846. The Labute approximate surface area is 125 Å². The van der Waals surface area contributed by atoms with Crippen LogP contribution in [0.15, 0.2) is 18.2 Å². The van der Waals surface area contributed by atoms with E-state index in [0.717, 1.165) is 29.5 Å². The van der Waals surface area contributed by atoms with Crippen LogP contribution in [0.3, 0.4) is 0 Å². The minimum Gasteiger partial charge on any atom is -0.481 e. The number of benzene rings is 1. The van der Waals surface area contributed by atoms with E-state index in [2.05, 4.69) is 11.4 Å². The molecule has 1 saturated carbocycles. The van der Waals surface area contributed by atoms with Crippen LogP contribution in [-0.2, 0) is 16.1 Å². The smallest absolute Gasteiger partial charge is 0.307 e. The van der Waals surface area contributed by atoms with Crippen LogP contribution < -0.4 is 5.32 Å². The summed E-state index contributed by atoms with van der Waals surface area (Å²) in [4.78, 5) is 23.6. The third-order valence-electron chi connectivity index (χ3n) is 4.38. The van der Waals surface area contributed by atoms with Crippen LogP contribution in [0.25, 0.3) is 0 Å². The van der Waals surface area contributed by atoms with E-state index in [1.807, 2.05) is 26.0 Å². The number of hydrogen-bond acceptors (Lipinski definition) is 2. The molecule has 0 radical (unpaired) electrons. The van der Waals surface area contributed by atoms with Gasteiger partial charge in [0.05, 0.1) is 11.8 Å². The van der Waals surface area contributed by atoms with Crippen molar-refractivity contribution in [3.8, 4) is 0 Å². The molecule has 1 aliphatic carbocycles. The summed E-state index contributed by atoms with van der Waals surface area (Å²) in [6.45, 7) is 4.50. The predicted octanol–water partition coefficient (Wildman–Crippen LogP) is 2.81. The maximum Gasteiger partial charge on any atom is 0.307 e. The zero-order chi connectivity index (χ0) is 15.4. The summed E-state index contributed by atoms with van der Waals surface area (Å²) >= 11 is 0. The van der Waals surface area contributed by atoms with E-state index < -0.39 is 11.9 Å². The molecule has 21 heavy (non-hydrogen) atoms. The normalized spacial score (nSPS) is 21.8. The second-order valence-corrected chi connectivity index (χ2v) is 5.98. The zero-order valence-electron chi connectivity index (χ0n) is 12.7. The molecule has 0 spiro atoms. The molecule has 4 nitrogen and oxygen atoms in total. The van der Waals surface area contributed by atoms with Crippen molar-refractivity contribution in [3.05, 3.63) is 34.9 Å². The molecule has 114 valence electrons. The quantitative estimate of drug-likeness (QED) is 0.895. The molecule has 0 unspecified atom stereocenters. The average Bonchev–Trinajstić information content (AvgIpc) is 2.47. The Balaban J connectivity index is 2.00. The highest BCUT2D eigenvalue weighted by molar-refractivity contribution is 5.84. The number of carbonyl (C=O) groups is 2. The second kappa shape index (κ2) is 6.74. The predicted molar refractivity (Wildman–Crippen MR) is 80.8 cm³/mol. The molecular formula is C17H23NO3. The fraction of sp³-hybridized carbons (Fsp3) is 0.529. The molecule has 0 aliphatic heterocycles. The number of aliphatic carboxylic acids is 1. The van der Waals surface area contributed by atoms with Crippen molar-refractivity contribution < 1.29 is 14.7 Å². The van der Waals surface area contributed by atoms with Gasteiger partial charge in [-0.05, 0) is 37.8 Å². The van der Waals surface area contributed by atoms with Gasteiger partial charge in [-0.25, -0.2) is 0 Å². The molecule has 2 N–H and O–H groups in total. The number of rotatable bonds is 4. The van der Waals surface area contributed by atoms with Gasteiger partial charge in [-0.2, -0.15) is 0 Å². The SMILES string of the molecule is Cc1ccc(C)c(CNC(=O)[C@@H]2CCCC[C@@H]2C(=O)O)c1. The Hall–Kier alpha value is -1.84. The first-order valence-corrected chi connectivity index (χ1v) is 7.55. The van der Waals surface area contributed by atoms with E-state index in [4.69, 9.17) is 0 Å². The van der Waals surface area contributed by atoms with Crippen LogP contribution in [0.1, 0.15) is 42.4 Å². The average molecular weight is 289 g/mol. The number of hydrogen-bond donors (Lipinski definition) is 2. The van der Waals surface area contributed by atoms with Crippen molar-refractivity contribution in [1.29, 1.82) is 0 Å². The summed E-state index contributed by atoms with van der Waals surface area (Å²) in [6.07, 6.45) is 3.12. The third-order valence-corrected chi connectivity index (χ3v) is 4.38. The lowest BCUT2D eigenvalue weighted by molar-refractivity contribution is -0.148. The van der Waals surface area contributed by atoms with Crippen molar-refractivity contribution in [2.45, 2.75) is 46.1 Å². The van der Waals surface area contributed by atoms with Gasteiger partial charge in [-0.3, -0.25) is 9.59 Å². The van der Waals surface area contributed by atoms with Crippen molar-refractivity contribution in [1.82, 2.24) is 5.32 Å². The van der Waals surface area contributed by atoms with Gasteiger partial charge in [-0.1, -0.05) is 36.6 Å². The molecule has 2 atom stereocenters. The number of aryl methyl sites for hydroxylation is 2. The van der Waals surface area contributed by atoms with Crippen molar-refractivity contribution in [2.75, 3.05) is 0 Å². The molecule has 1 aromatic rings. The molecule has 0 bridgehead atoms. The highest BCUT2D eigenvalue weighted by Gasteiger charge is 2.35. The summed E-state index contributed by atoms with van der Waals surface area (Å²) < 4.78 is 0. The Morgan fingerprint density at radius 2 is 1.86 bits per heavy atom. The highest BCUT2D eigenvalue weighted by atomic mass is 16.4. The Kier molecular flexibility index (Phi) is 4.99. The van der Waals surface area contributed by atoms with E-state index in [1.165, 1.54) is 0 Å². The van der Waals surface area contributed by atoms with Gasteiger partial charge in [0.25, 0.3) is 0 Å². The van der Waals surface area contributed by atoms with Crippen LogP contribution >= 0.6 is 0 Å². The zero-order valence-corrected chi connectivity index (χ0v) is 12.7. The van der Waals surface area contributed by atoms with E-state index in [1.54, 1.807) is 0 Å². The molecule has 0 aromatic heterocycles.